The van der Waals surface area contributed by atoms with E-state index >= 15 is 0 Å². The fraction of sp³-hybridized carbons (Fsp3) is 0.750. The molecule has 9 heteroatoms. The molecule has 0 bridgehead atoms. The normalized spacial score (nSPS) is 13.4. The fourth-order valence-electron chi connectivity index (χ4n) is 2.00. The Labute approximate surface area is 146 Å². The van der Waals surface area contributed by atoms with Crippen molar-refractivity contribution < 1.29 is 43.6 Å². The van der Waals surface area contributed by atoms with Gasteiger partial charge in [0.25, 0.3) is 0 Å². The lowest BCUT2D eigenvalue weighted by molar-refractivity contribution is -0.162. The molecular weight excluding hydrogens is 336 g/mol. The second kappa shape index (κ2) is 11.4. The van der Waals surface area contributed by atoms with Gasteiger partial charge in [-0.2, -0.15) is 0 Å². The molecule has 0 aliphatic carbocycles. The van der Waals surface area contributed by atoms with Crippen molar-refractivity contribution in [1.29, 1.82) is 0 Å². The summed E-state index contributed by atoms with van der Waals surface area (Å²) in [5.41, 5.74) is 0. The van der Waals surface area contributed by atoms with E-state index < -0.39 is 47.5 Å². The highest BCUT2D eigenvalue weighted by molar-refractivity contribution is 5.94. The molecule has 0 unspecified atom stereocenters. The minimum absolute atomic E-state index is 0.000262. The predicted octanol–water partition coefficient (Wildman–Crippen LogP) is 0.803. The SMILES string of the molecule is CC(C)[C@H](C(=O)O)C(=O)OCCOCCOC(=O)[C@H](C(=O)O)C(C)C. The number of carboxylic acid groups (broad SMARTS) is 2. The van der Waals surface area contributed by atoms with Gasteiger partial charge >= 0.3 is 23.9 Å². The number of hydrogen-bond donors (Lipinski definition) is 2. The molecule has 0 heterocycles. The van der Waals surface area contributed by atoms with E-state index in [1.807, 2.05) is 0 Å². The summed E-state index contributed by atoms with van der Waals surface area (Å²) in [6.07, 6.45) is 0. The lowest BCUT2D eigenvalue weighted by Gasteiger charge is -2.16. The van der Waals surface area contributed by atoms with Crippen molar-refractivity contribution in [2.45, 2.75) is 27.7 Å². The smallest absolute Gasteiger partial charge is 0.320 e. The summed E-state index contributed by atoms with van der Waals surface area (Å²) in [6, 6.07) is 0. The molecule has 0 saturated heterocycles. The molecule has 9 nitrogen and oxygen atoms in total. The predicted molar refractivity (Wildman–Crippen MR) is 84.7 cm³/mol. The zero-order valence-corrected chi connectivity index (χ0v) is 14.9. The zero-order chi connectivity index (χ0) is 19.6. The zero-order valence-electron chi connectivity index (χ0n) is 14.9. The van der Waals surface area contributed by atoms with Crippen LogP contribution in [0.5, 0.6) is 0 Å². The summed E-state index contributed by atoms with van der Waals surface area (Å²) in [5, 5.41) is 17.9. The standard InChI is InChI=1S/C16H26O9/c1-9(2)11(13(17)18)15(21)24-7-5-23-6-8-25-16(22)12(10(3)4)14(19)20/h9-12H,5-8H2,1-4H3,(H,17,18)(H,19,20)/t11-,12+. The van der Waals surface area contributed by atoms with Crippen molar-refractivity contribution in [2.75, 3.05) is 26.4 Å². The molecule has 144 valence electrons. The van der Waals surface area contributed by atoms with Gasteiger partial charge in [-0.3, -0.25) is 19.2 Å². The molecule has 0 rings (SSSR count). The van der Waals surface area contributed by atoms with Crippen molar-refractivity contribution in [1.82, 2.24) is 0 Å². The number of carboxylic acids is 2. The molecule has 2 atom stereocenters. The second-order valence-corrected chi connectivity index (χ2v) is 6.07. The van der Waals surface area contributed by atoms with Crippen LogP contribution in [0.4, 0.5) is 0 Å². The first-order valence-electron chi connectivity index (χ1n) is 7.96. The molecule has 0 fully saturated rings. The summed E-state index contributed by atoms with van der Waals surface area (Å²) in [5.74, 6) is -7.41. The van der Waals surface area contributed by atoms with Gasteiger partial charge in [0.05, 0.1) is 13.2 Å². The summed E-state index contributed by atoms with van der Waals surface area (Å²) < 4.78 is 14.7. The molecule has 0 aromatic heterocycles. The average molecular weight is 362 g/mol. The molecule has 0 radical (unpaired) electrons. The van der Waals surface area contributed by atoms with Gasteiger partial charge in [-0.15, -0.1) is 0 Å². The minimum Gasteiger partial charge on any atom is -0.481 e. The fourth-order valence-corrected chi connectivity index (χ4v) is 2.00. The number of esters is 2. The summed E-state index contributed by atoms with van der Waals surface area (Å²) >= 11 is 0. The summed E-state index contributed by atoms with van der Waals surface area (Å²) in [4.78, 5) is 45.1. The number of ether oxygens (including phenoxy) is 3. The van der Waals surface area contributed by atoms with Crippen molar-refractivity contribution in [3.05, 3.63) is 0 Å². The Hall–Kier alpha value is -2.16. The Bertz CT molecular complexity index is 428. The van der Waals surface area contributed by atoms with Crippen LogP contribution in [0.1, 0.15) is 27.7 Å². The quantitative estimate of drug-likeness (QED) is 0.293. The minimum atomic E-state index is -1.24. The number of carbonyl (C=O) groups is 4. The van der Waals surface area contributed by atoms with Crippen molar-refractivity contribution in [3.63, 3.8) is 0 Å². The van der Waals surface area contributed by atoms with E-state index in [2.05, 4.69) is 0 Å². The molecule has 25 heavy (non-hydrogen) atoms. The molecule has 0 aromatic carbocycles. The Morgan fingerprint density at radius 3 is 1.24 bits per heavy atom. The largest absolute Gasteiger partial charge is 0.481 e. The Morgan fingerprint density at radius 1 is 0.680 bits per heavy atom. The van der Waals surface area contributed by atoms with Crippen LogP contribution in [-0.2, 0) is 33.4 Å². The lowest BCUT2D eigenvalue weighted by atomic mass is 9.96. The number of hydrogen-bond acceptors (Lipinski definition) is 7. The molecular formula is C16H26O9. The van der Waals surface area contributed by atoms with Crippen LogP contribution in [0.3, 0.4) is 0 Å². The van der Waals surface area contributed by atoms with Gasteiger partial charge in [-0.25, -0.2) is 0 Å². The monoisotopic (exact) mass is 362 g/mol. The molecule has 0 aromatic rings. The van der Waals surface area contributed by atoms with Crippen LogP contribution in [0.2, 0.25) is 0 Å². The molecule has 0 spiro atoms. The van der Waals surface area contributed by atoms with Crippen LogP contribution in [0.15, 0.2) is 0 Å². The highest BCUT2D eigenvalue weighted by Crippen LogP contribution is 2.13. The topological polar surface area (TPSA) is 136 Å². The van der Waals surface area contributed by atoms with Gasteiger partial charge in [0.2, 0.25) is 0 Å². The maximum atomic E-state index is 11.6. The lowest BCUT2D eigenvalue weighted by Crippen LogP contribution is -2.31. The molecule has 0 aliphatic rings. The third kappa shape index (κ3) is 8.48. The number of aliphatic carboxylic acids is 2. The summed E-state index contributed by atoms with van der Waals surface area (Å²) in [6.45, 7) is 6.15. The third-order valence-electron chi connectivity index (χ3n) is 3.32. The number of carbonyl (C=O) groups excluding carboxylic acids is 2. The highest BCUT2D eigenvalue weighted by Gasteiger charge is 2.31. The number of rotatable bonds is 12. The van der Waals surface area contributed by atoms with Gasteiger partial charge in [-0.05, 0) is 11.8 Å². The Morgan fingerprint density at radius 2 is 1.00 bits per heavy atom. The van der Waals surface area contributed by atoms with Crippen LogP contribution < -0.4 is 0 Å². The van der Waals surface area contributed by atoms with Crippen LogP contribution in [-0.4, -0.2) is 60.5 Å². The van der Waals surface area contributed by atoms with E-state index in [0.717, 1.165) is 0 Å². The van der Waals surface area contributed by atoms with E-state index in [0.29, 0.717) is 0 Å². The van der Waals surface area contributed by atoms with Gasteiger partial charge in [0.1, 0.15) is 13.2 Å². The average Bonchev–Trinajstić information content (AvgIpc) is 2.44. The maximum absolute atomic E-state index is 11.6. The first kappa shape index (κ1) is 22.8. The Kier molecular flexibility index (Phi) is 10.4. The van der Waals surface area contributed by atoms with Crippen molar-refractivity contribution in [2.24, 2.45) is 23.7 Å². The van der Waals surface area contributed by atoms with E-state index in [1.54, 1.807) is 27.7 Å². The Balaban J connectivity index is 3.97. The van der Waals surface area contributed by atoms with E-state index in [9.17, 15) is 19.2 Å². The molecule has 0 amide bonds. The van der Waals surface area contributed by atoms with Gasteiger partial charge in [0.15, 0.2) is 11.8 Å². The van der Waals surface area contributed by atoms with E-state index in [4.69, 9.17) is 24.4 Å². The van der Waals surface area contributed by atoms with E-state index in [1.165, 1.54) is 0 Å². The molecule has 0 saturated carbocycles. The highest BCUT2D eigenvalue weighted by atomic mass is 16.6. The van der Waals surface area contributed by atoms with Gasteiger partial charge < -0.3 is 24.4 Å². The van der Waals surface area contributed by atoms with Crippen molar-refractivity contribution in [3.8, 4) is 0 Å². The third-order valence-corrected chi connectivity index (χ3v) is 3.32. The van der Waals surface area contributed by atoms with Crippen LogP contribution >= 0.6 is 0 Å². The van der Waals surface area contributed by atoms with Crippen LogP contribution in [0, 0.1) is 23.7 Å². The van der Waals surface area contributed by atoms with Gasteiger partial charge in [0, 0.05) is 0 Å². The summed E-state index contributed by atoms with van der Waals surface area (Å²) in [7, 11) is 0. The van der Waals surface area contributed by atoms with E-state index in [-0.39, 0.29) is 26.4 Å². The second-order valence-electron chi connectivity index (χ2n) is 6.07. The maximum Gasteiger partial charge on any atom is 0.320 e. The molecule has 2 N–H and O–H groups in total. The molecule has 0 aliphatic heterocycles. The van der Waals surface area contributed by atoms with Crippen LogP contribution in [0.25, 0.3) is 0 Å². The van der Waals surface area contributed by atoms with Crippen molar-refractivity contribution >= 4 is 23.9 Å². The first-order valence-corrected chi connectivity index (χ1v) is 7.96. The van der Waals surface area contributed by atoms with Gasteiger partial charge in [-0.1, -0.05) is 27.7 Å². The first-order chi connectivity index (χ1) is 11.6.